The minimum absolute atomic E-state index is 0.0459. The highest BCUT2D eigenvalue weighted by atomic mass is 16.1. The number of nitrogens with zero attached hydrogens (tertiary/aromatic N) is 3. The highest BCUT2D eigenvalue weighted by Crippen LogP contribution is 2.26. The lowest BCUT2D eigenvalue weighted by Crippen LogP contribution is -2.46. The van der Waals surface area contributed by atoms with E-state index in [9.17, 15) is 4.79 Å². The van der Waals surface area contributed by atoms with Crippen molar-refractivity contribution in [3.8, 4) is 11.4 Å². The summed E-state index contributed by atoms with van der Waals surface area (Å²) in [5, 5.41) is 5.40. The number of carbonyl (C=O) groups is 1. The Morgan fingerprint density at radius 1 is 1.15 bits per heavy atom. The molecule has 1 amide bonds. The van der Waals surface area contributed by atoms with Crippen molar-refractivity contribution >= 4 is 16.7 Å². The molecule has 0 saturated carbocycles. The van der Waals surface area contributed by atoms with Gasteiger partial charge in [0.15, 0.2) is 5.82 Å². The summed E-state index contributed by atoms with van der Waals surface area (Å²) in [7, 11) is 0. The Bertz CT molecular complexity index is 933. The van der Waals surface area contributed by atoms with Gasteiger partial charge >= 0.3 is 0 Å². The van der Waals surface area contributed by atoms with Crippen LogP contribution in [-0.2, 0) is 11.3 Å². The standard InChI is InChI=1S/C22H24N4O/c1-16(27)25-19-8-5-11-26(15-19)14-17-12-23-22(24-13-17)21-10-4-7-18-6-2-3-9-20(18)21/h2-4,6-7,9-10,12-13,19H,5,8,11,14-15H2,1H3,(H,25,27)/t19-/m0/s1. The molecule has 0 radical (unpaired) electrons. The molecule has 1 aromatic heterocycles. The lowest BCUT2D eigenvalue weighted by Gasteiger charge is -2.32. The number of aromatic nitrogens is 2. The zero-order valence-electron chi connectivity index (χ0n) is 15.6. The molecule has 2 aromatic carbocycles. The molecule has 0 unspecified atom stereocenters. The molecule has 1 fully saturated rings. The molecule has 3 aromatic rings. The van der Waals surface area contributed by atoms with E-state index in [0.29, 0.717) is 0 Å². The third kappa shape index (κ3) is 4.14. The van der Waals surface area contributed by atoms with Crippen molar-refractivity contribution in [2.45, 2.75) is 32.4 Å². The topological polar surface area (TPSA) is 58.1 Å². The second-order valence-electron chi connectivity index (χ2n) is 7.22. The molecule has 5 nitrogen and oxygen atoms in total. The summed E-state index contributed by atoms with van der Waals surface area (Å²) in [5.74, 6) is 0.801. The highest BCUT2D eigenvalue weighted by molar-refractivity contribution is 5.94. The van der Waals surface area contributed by atoms with Crippen LogP contribution in [0.15, 0.2) is 54.9 Å². The van der Waals surface area contributed by atoms with Crippen molar-refractivity contribution in [3.05, 3.63) is 60.4 Å². The van der Waals surface area contributed by atoms with E-state index in [1.54, 1.807) is 6.92 Å². The number of fused-ring (bicyclic) bond motifs is 1. The highest BCUT2D eigenvalue weighted by Gasteiger charge is 2.20. The Morgan fingerprint density at radius 2 is 1.93 bits per heavy atom. The van der Waals surface area contributed by atoms with E-state index in [1.165, 1.54) is 10.8 Å². The van der Waals surface area contributed by atoms with Gasteiger partial charge in [0.25, 0.3) is 0 Å². The number of likely N-dealkylation sites (tertiary alicyclic amines) is 1. The van der Waals surface area contributed by atoms with E-state index in [0.717, 1.165) is 49.4 Å². The maximum Gasteiger partial charge on any atom is 0.217 e. The van der Waals surface area contributed by atoms with Gasteiger partial charge in [0.05, 0.1) is 0 Å². The molecule has 1 aliphatic heterocycles. The monoisotopic (exact) mass is 360 g/mol. The molecular weight excluding hydrogens is 336 g/mol. The van der Waals surface area contributed by atoms with Crippen molar-refractivity contribution in [2.75, 3.05) is 13.1 Å². The summed E-state index contributed by atoms with van der Waals surface area (Å²) in [6.45, 7) is 4.32. The lowest BCUT2D eigenvalue weighted by molar-refractivity contribution is -0.120. The minimum Gasteiger partial charge on any atom is -0.352 e. The maximum atomic E-state index is 11.3. The molecule has 138 valence electrons. The Morgan fingerprint density at radius 3 is 2.74 bits per heavy atom. The first-order valence-corrected chi connectivity index (χ1v) is 9.47. The zero-order valence-corrected chi connectivity index (χ0v) is 15.6. The fourth-order valence-electron chi connectivity index (χ4n) is 3.86. The van der Waals surface area contributed by atoms with Gasteiger partial charge in [-0.2, -0.15) is 0 Å². The number of hydrogen-bond acceptors (Lipinski definition) is 4. The summed E-state index contributed by atoms with van der Waals surface area (Å²) in [4.78, 5) is 22.9. The van der Waals surface area contributed by atoms with Gasteiger partial charge in [0, 0.05) is 49.6 Å². The van der Waals surface area contributed by atoms with Crippen LogP contribution in [0.1, 0.15) is 25.3 Å². The molecule has 0 bridgehead atoms. The molecule has 27 heavy (non-hydrogen) atoms. The van der Waals surface area contributed by atoms with E-state index in [4.69, 9.17) is 0 Å². The van der Waals surface area contributed by atoms with E-state index in [1.807, 2.05) is 30.6 Å². The van der Waals surface area contributed by atoms with Gasteiger partial charge in [0.2, 0.25) is 5.91 Å². The summed E-state index contributed by atoms with van der Waals surface area (Å²) in [6, 6.07) is 14.8. The van der Waals surface area contributed by atoms with Crippen LogP contribution in [0.3, 0.4) is 0 Å². The van der Waals surface area contributed by atoms with Crippen LogP contribution in [0.4, 0.5) is 0 Å². The Balaban J connectivity index is 1.48. The van der Waals surface area contributed by atoms with Gasteiger partial charge in [-0.05, 0) is 30.2 Å². The van der Waals surface area contributed by atoms with E-state index in [-0.39, 0.29) is 11.9 Å². The summed E-state index contributed by atoms with van der Waals surface area (Å²) in [5.41, 5.74) is 2.16. The first-order chi connectivity index (χ1) is 13.2. The minimum atomic E-state index is 0.0459. The van der Waals surface area contributed by atoms with Gasteiger partial charge in [-0.1, -0.05) is 42.5 Å². The second-order valence-corrected chi connectivity index (χ2v) is 7.22. The zero-order chi connectivity index (χ0) is 18.6. The molecule has 1 atom stereocenters. The number of hydrogen-bond donors (Lipinski definition) is 1. The Labute approximate surface area is 159 Å². The van der Waals surface area contributed by atoms with E-state index >= 15 is 0 Å². The van der Waals surface area contributed by atoms with Gasteiger partial charge in [-0.3, -0.25) is 9.69 Å². The van der Waals surface area contributed by atoms with Crippen LogP contribution in [0.2, 0.25) is 0 Å². The molecule has 4 rings (SSSR count). The first kappa shape index (κ1) is 17.6. The van der Waals surface area contributed by atoms with Crippen LogP contribution < -0.4 is 5.32 Å². The number of carbonyl (C=O) groups excluding carboxylic acids is 1. The summed E-state index contributed by atoms with van der Waals surface area (Å²) in [6.07, 6.45) is 5.99. The number of piperidine rings is 1. The summed E-state index contributed by atoms with van der Waals surface area (Å²) < 4.78 is 0. The van der Waals surface area contributed by atoms with Gasteiger partial charge in [-0.15, -0.1) is 0 Å². The normalized spacial score (nSPS) is 17.7. The summed E-state index contributed by atoms with van der Waals surface area (Å²) >= 11 is 0. The molecule has 5 heteroatoms. The van der Waals surface area contributed by atoms with Crippen molar-refractivity contribution in [1.82, 2.24) is 20.2 Å². The fraction of sp³-hybridized carbons (Fsp3) is 0.318. The molecule has 0 spiro atoms. The number of amides is 1. The van der Waals surface area contributed by atoms with E-state index < -0.39 is 0 Å². The maximum absolute atomic E-state index is 11.3. The Hall–Kier alpha value is -2.79. The van der Waals surface area contributed by atoms with Gasteiger partial charge < -0.3 is 5.32 Å². The van der Waals surface area contributed by atoms with Crippen molar-refractivity contribution in [2.24, 2.45) is 0 Å². The molecule has 2 heterocycles. The SMILES string of the molecule is CC(=O)N[C@H]1CCCN(Cc2cnc(-c3cccc4ccccc34)nc2)C1. The lowest BCUT2D eigenvalue weighted by atomic mass is 10.0. The van der Waals surface area contributed by atoms with Crippen molar-refractivity contribution < 1.29 is 4.79 Å². The fourth-order valence-corrected chi connectivity index (χ4v) is 3.86. The van der Waals surface area contributed by atoms with Gasteiger partial charge in [-0.25, -0.2) is 9.97 Å². The third-order valence-corrected chi connectivity index (χ3v) is 5.05. The quantitative estimate of drug-likeness (QED) is 0.775. The molecule has 1 saturated heterocycles. The van der Waals surface area contributed by atoms with Crippen LogP contribution in [0, 0.1) is 0 Å². The average molecular weight is 360 g/mol. The van der Waals surface area contributed by atoms with Gasteiger partial charge in [0.1, 0.15) is 0 Å². The second kappa shape index (κ2) is 7.84. The average Bonchev–Trinajstić information content (AvgIpc) is 2.68. The molecule has 1 aliphatic rings. The van der Waals surface area contributed by atoms with Crippen LogP contribution in [0.25, 0.3) is 22.2 Å². The number of benzene rings is 2. The number of rotatable bonds is 4. The van der Waals surface area contributed by atoms with Crippen molar-refractivity contribution in [1.29, 1.82) is 0 Å². The molecular formula is C22H24N4O. The van der Waals surface area contributed by atoms with Crippen LogP contribution >= 0.6 is 0 Å². The molecule has 0 aliphatic carbocycles. The largest absolute Gasteiger partial charge is 0.352 e. The third-order valence-electron chi connectivity index (χ3n) is 5.05. The first-order valence-electron chi connectivity index (χ1n) is 9.47. The Kier molecular flexibility index (Phi) is 5.12. The predicted molar refractivity (Wildman–Crippen MR) is 107 cm³/mol. The number of nitrogens with one attached hydrogen (secondary N) is 1. The van der Waals surface area contributed by atoms with E-state index in [2.05, 4.69) is 44.5 Å². The van der Waals surface area contributed by atoms with Crippen LogP contribution in [0.5, 0.6) is 0 Å². The smallest absolute Gasteiger partial charge is 0.217 e. The van der Waals surface area contributed by atoms with Crippen molar-refractivity contribution in [3.63, 3.8) is 0 Å². The van der Waals surface area contributed by atoms with Crippen LogP contribution in [-0.4, -0.2) is 39.9 Å². The predicted octanol–water partition coefficient (Wildman–Crippen LogP) is 3.40. The molecule has 1 N–H and O–H groups in total.